The summed E-state index contributed by atoms with van der Waals surface area (Å²) < 4.78 is 6.24. The van der Waals surface area contributed by atoms with Crippen molar-refractivity contribution >= 4 is 8.48 Å². The Hall–Kier alpha value is -0.466. The van der Waals surface area contributed by atoms with Crippen molar-refractivity contribution in [3.63, 3.8) is 0 Å². The summed E-state index contributed by atoms with van der Waals surface area (Å²) in [5.74, 6) is 1.39. The molecule has 1 unspecified atom stereocenters. The molecule has 2 aliphatic carbocycles. The van der Waals surface area contributed by atoms with Gasteiger partial charge >= 0.3 is 18.9 Å². The van der Waals surface area contributed by atoms with Crippen LogP contribution in [-0.4, -0.2) is 14.0 Å². The Labute approximate surface area is 130 Å². The van der Waals surface area contributed by atoms with E-state index >= 15 is 0 Å². The van der Waals surface area contributed by atoms with Gasteiger partial charge in [-0.05, 0) is 6.08 Å². The Bertz CT molecular complexity index is 455. The summed E-state index contributed by atoms with van der Waals surface area (Å²) in [6.45, 7) is 10.7. The van der Waals surface area contributed by atoms with Crippen molar-refractivity contribution in [2.24, 2.45) is 5.92 Å². The summed E-state index contributed by atoms with van der Waals surface area (Å²) in [5.41, 5.74) is 1.23. The minimum Gasteiger partial charge on any atom is -0.627 e. The third-order valence-electron chi connectivity index (χ3n) is 2.77. The predicted octanol–water partition coefficient (Wildman–Crippen LogP) is 1.45. The summed E-state index contributed by atoms with van der Waals surface area (Å²) in [4.78, 5) is 4.85. The molecular weight excluding hydrogens is 245 g/mol. The molecule has 0 bridgehead atoms. The maximum Gasteiger partial charge on any atom is 1.00 e. The van der Waals surface area contributed by atoms with Gasteiger partial charge in [0.1, 0.15) is 14.2 Å². The topological polar surface area (TPSA) is 23.3 Å². The predicted molar refractivity (Wildman–Crippen MR) is 79.6 cm³/mol. The van der Waals surface area contributed by atoms with E-state index in [1.54, 1.807) is 0 Å². The molecule has 98 valence electrons. The fourth-order valence-corrected chi connectivity index (χ4v) is 4.84. The maximum atomic E-state index is 6.24. The molecule has 0 aromatic carbocycles. The molecule has 0 aromatic heterocycles. The SMILES string of the molecule is CC(C)(C)[N-][Si](C)(C)OC1=CC=CC2C=CC=C12.[Li+]. The van der Waals surface area contributed by atoms with Crippen LogP contribution in [0.3, 0.4) is 0 Å². The normalized spacial score (nSPS) is 21.4. The Balaban J connectivity index is 0.00000180. The van der Waals surface area contributed by atoms with E-state index in [1.165, 1.54) is 5.57 Å². The molecule has 2 nitrogen and oxygen atoms in total. The second-order valence-corrected chi connectivity index (χ2v) is 9.60. The zero-order valence-corrected chi connectivity index (χ0v) is 13.9. The summed E-state index contributed by atoms with van der Waals surface area (Å²) in [7, 11) is -2.03. The van der Waals surface area contributed by atoms with E-state index in [9.17, 15) is 0 Å². The molecule has 2 aliphatic rings. The van der Waals surface area contributed by atoms with Crippen LogP contribution in [-0.2, 0) is 4.43 Å². The van der Waals surface area contributed by atoms with Crippen LogP contribution in [0.5, 0.6) is 0 Å². The molecule has 0 aliphatic heterocycles. The van der Waals surface area contributed by atoms with Gasteiger partial charge in [-0.25, -0.2) is 0 Å². The van der Waals surface area contributed by atoms with Gasteiger partial charge in [0.15, 0.2) is 0 Å². The fourth-order valence-electron chi connectivity index (χ4n) is 2.46. The van der Waals surface area contributed by atoms with Crippen LogP contribution in [0.25, 0.3) is 4.98 Å². The van der Waals surface area contributed by atoms with E-state index in [0.29, 0.717) is 5.92 Å². The van der Waals surface area contributed by atoms with Crippen LogP contribution in [0.2, 0.25) is 13.1 Å². The number of rotatable bonds is 3. The minimum atomic E-state index is -2.03. The van der Waals surface area contributed by atoms with Crippen LogP contribution in [0, 0.1) is 5.92 Å². The minimum absolute atomic E-state index is 0. The van der Waals surface area contributed by atoms with Crippen LogP contribution in [0.15, 0.2) is 47.8 Å². The summed E-state index contributed by atoms with van der Waals surface area (Å²) in [5, 5.41) is 0. The van der Waals surface area contributed by atoms with Gasteiger partial charge in [0.2, 0.25) is 0 Å². The van der Waals surface area contributed by atoms with Crippen molar-refractivity contribution in [1.82, 2.24) is 0 Å². The zero-order valence-electron chi connectivity index (χ0n) is 12.9. The molecule has 0 spiro atoms. The van der Waals surface area contributed by atoms with E-state index in [0.717, 1.165) is 5.76 Å². The van der Waals surface area contributed by atoms with Gasteiger partial charge in [-0.15, -0.1) is 5.54 Å². The molecule has 0 heterocycles. The summed E-state index contributed by atoms with van der Waals surface area (Å²) in [6.07, 6.45) is 12.8. The third kappa shape index (κ3) is 4.54. The second kappa shape index (κ2) is 5.89. The van der Waals surface area contributed by atoms with E-state index in [1.807, 2.05) is 0 Å². The summed E-state index contributed by atoms with van der Waals surface area (Å²) >= 11 is 0. The van der Waals surface area contributed by atoms with Crippen molar-refractivity contribution in [2.45, 2.75) is 39.4 Å². The van der Waals surface area contributed by atoms with Crippen LogP contribution in [0.1, 0.15) is 20.8 Å². The first-order chi connectivity index (χ1) is 8.27. The van der Waals surface area contributed by atoms with E-state index in [4.69, 9.17) is 9.41 Å². The molecule has 0 saturated heterocycles. The maximum absolute atomic E-state index is 6.24. The van der Waals surface area contributed by atoms with Crippen molar-refractivity contribution in [3.05, 3.63) is 52.8 Å². The number of hydrogen-bond donors (Lipinski definition) is 0. The van der Waals surface area contributed by atoms with Gasteiger partial charge in [-0.1, -0.05) is 64.2 Å². The Morgan fingerprint density at radius 2 is 1.68 bits per heavy atom. The van der Waals surface area contributed by atoms with E-state index in [2.05, 4.69) is 70.3 Å². The Kier molecular flexibility index (Phi) is 5.14. The third-order valence-corrected chi connectivity index (χ3v) is 4.70. The largest absolute Gasteiger partial charge is 1.00 e. The standard InChI is InChI=1S/C15H22NOSi.Li/c1-15(2,3)16-18(4,5)17-14-11-7-9-12-8-6-10-13(12)14;/h6-12H,1-5H3;/q-1;+1. The molecule has 0 N–H and O–H groups in total. The Morgan fingerprint density at radius 1 is 1.11 bits per heavy atom. The number of hydrogen-bond acceptors (Lipinski definition) is 1. The first-order valence-corrected chi connectivity index (χ1v) is 9.33. The van der Waals surface area contributed by atoms with Crippen molar-refractivity contribution in [1.29, 1.82) is 0 Å². The van der Waals surface area contributed by atoms with Gasteiger partial charge in [0.05, 0.1) is 0 Å². The molecule has 1 atom stereocenters. The zero-order chi connectivity index (χ0) is 13.4. The van der Waals surface area contributed by atoms with Crippen LogP contribution in [0.4, 0.5) is 0 Å². The second-order valence-electron chi connectivity index (χ2n) is 6.28. The van der Waals surface area contributed by atoms with Gasteiger partial charge in [0, 0.05) is 11.5 Å². The monoisotopic (exact) mass is 267 g/mol. The number of fused-ring (bicyclic) bond motifs is 1. The Morgan fingerprint density at radius 3 is 2.26 bits per heavy atom. The molecule has 0 amide bonds. The van der Waals surface area contributed by atoms with Crippen LogP contribution >= 0.6 is 0 Å². The molecule has 19 heavy (non-hydrogen) atoms. The van der Waals surface area contributed by atoms with Gasteiger partial charge in [0.25, 0.3) is 0 Å². The molecular formula is C15H22LiNOSi. The molecule has 0 fully saturated rings. The number of nitrogens with zero attached hydrogens (tertiary/aromatic N) is 1. The average molecular weight is 267 g/mol. The first-order valence-electron chi connectivity index (χ1n) is 6.47. The fraction of sp³-hybridized carbons (Fsp3) is 0.467. The quantitative estimate of drug-likeness (QED) is 0.710. The smallest absolute Gasteiger partial charge is 0.627 e. The molecule has 2 rings (SSSR count). The van der Waals surface area contributed by atoms with E-state index in [-0.39, 0.29) is 24.4 Å². The van der Waals surface area contributed by atoms with Gasteiger partial charge in [-0.2, -0.15) is 0 Å². The first kappa shape index (κ1) is 16.6. The average Bonchev–Trinajstić information content (AvgIpc) is 2.61. The molecule has 0 saturated carbocycles. The molecule has 4 heteroatoms. The molecule has 0 radical (unpaired) electrons. The van der Waals surface area contributed by atoms with Crippen molar-refractivity contribution in [3.8, 4) is 0 Å². The van der Waals surface area contributed by atoms with Crippen molar-refractivity contribution < 1.29 is 23.3 Å². The molecule has 0 aromatic rings. The number of allylic oxidation sites excluding steroid dienone is 7. The van der Waals surface area contributed by atoms with Crippen LogP contribution < -0.4 is 18.9 Å². The van der Waals surface area contributed by atoms with Gasteiger partial charge in [-0.3, -0.25) is 0 Å². The van der Waals surface area contributed by atoms with Gasteiger partial charge < -0.3 is 9.41 Å². The summed E-state index contributed by atoms with van der Waals surface area (Å²) in [6, 6.07) is 0. The van der Waals surface area contributed by atoms with E-state index < -0.39 is 8.48 Å². The van der Waals surface area contributed by atoms with Crippen molar-refractivity contribution in [2.75, 3.05) is 0 Å².